The molecule has 2 atom stereocenters. The standard InChI is InChI=1S/C11H12Cl2FN3O/c12-6-1-8(13)9(16-3-6)5-17-4-7(14)2-10(17)11(15)18/h1,3,7,10H,2,4-5H2,(H2,15,18)/t7-,10+/m1/s1. The Kier molecular flexibility index (Phi) is 4.04. The molecule has 0 aliphatic carbocycles. The molecular weight excluding hydrogens is 280 g/mol. The maximum Gasteiger partial charge on any atom is 0.234 e. The van der Waals surface area contributed by atoms with Crippen molar-refractivity contribution in [2.24, 2.45) is 5.73 Å². The van der Waals surface area contributed by atoms with Gasteiger partial charge in [0, 0.05) is 25.7 Å². The summed E-state index contributed by atoms with van der Waals surface area (Å²) in [5, 5.41) is 0.827. The third-order valence-corrected chi connectivity index (χ3v) is 3.45. The maximum atomic E-state index is 13.3. The molecule has 4 nitrogen and oxygen atoms in total. The topological polar surface area (TPSA) is 59.2 Å². The molecule has 7 heteroatoms. The molecule has 2 heterocycles. The van der Waals surface area contributed by atoms with Gasteiger partial charge in [0.05, 0.1) is 21.8 Å². The van der Waals surface area contributed by atoms with Crippen molar-refractivity contribution in [2.75, 3.05) is 6.54 Å². The number of likely N-dealkylation sites (tertiary alicyclic amines) is 1. The Morgan fingerprint density at radius 3 is 2.94 bits per heavy atom. The number of carbonyl (C=O) groups is 1. The van der Waals surface area contributed by atoms with Crippen LogP contribution in [0.25, 0.3) is 0 Å². The fourth-order valence-corrected chi connectivity index (χ4v) is 2.51. The van der Waals surface area contributed by atoms with Crippen LogP contribution in [-0.4, -0.2) is 34.5 Å². The molecule has 1 fully saturated rings. The molecule has 0 aromatic carbocycles. The molecule has 0 unspecified atom stereocenters. The Bertz CT molecular complexity index is 472. The quantitative estimate of drug-likeness (QED) is 0.924. The van der Waals surface area contributed by atoms with Crippen molar-refractivity contribution < 1.29 is 9.18 Å². The Labute approximate surface area is 114 Å². The van der Waals surface area contributed by atoms with E-state index in [-0.39, 0.29) is 19.5 Å². The molecule has 0 bridgehead atoms. The van der Waals surface area contributed by atoms with E-state index in [1.165, 1.54) is 6.20 Å². The number of carbonyl (C=O) groups excluding carboxylic acids is 1. The predicted molar refractivity (Wildman–Crippen MR) is 67.2 cm³/mol. The number of nitrogens with zero attached hydrogens (tertiary/aromatic N) is 2. The van der Waals surface area contributed by atoms with Crippen molar-refractivity contribution in [3.8, 4) is 0 Å². The highest BCUT2D eigenvalue weighted by Gasteiger charge is 2.36. The summed E-state index contributed by atoms with van der Waals surface area (Å²) in [7, 11) is 0. The average molecular weight is 292 g/mol. The number of rotatable bonds is 3. The number of aromatic nitrogens is 1. The van der Waals surface area contributed by atoms with E-state index in [0.29, 0.717) is 15.7 Å². The van der Waals surface area contributed by atoms with Gasteiger partial charge in [-0.05, 0) is 6.07 Å². The van der Waals surface area contributed by atoms with E-state index in [1.54, 1.807) is 11.0 Å². The number of nitrogens with two attached hydrogens (primary N) is 1. The molecule has 0 spiro atoms. The largest absolute Gasteiger partial charge is 0.368 e. The van der Waals surface area contributed by atoms with Gasteiger partial charge in [0.2, 0.25) is 5.91 Å². The molecule has 1 aromatic heterocycles. The smallest absolute Gasteiger partial charge is 0.234 e. The molecule has 1 aliphatic rings. The highest BCUT2D eigenvalue weighted by atomic mass is 35.5. The van der Waals surface area contributed by atoms with E-state index in [0.717, 1.165) is 0 Å². The predicted octanol–water partition coefficient (Wildman–Crippen LogP) is 1.79. The second kappa shape index (κ2) is 5.38. The zero-order valence-corrected chi connectivity index (χ0v) is 11.0. The van der Waals surface area contributed by atoms with Gasteiger partial charge in [0.15, 0.2) is 0 Å². The highest BCUT2D eigenvalue weighted by molar-refractivity contribution is 6.34. The molecule has 1 amide bonds. The number of halogens is 3. The van der Waals surface area contributed by atoms with E-state index in [4.69, 9.17) is 28.9 Å². The molecule has 2 rings (SSSR count). The summed E-state index contributed by atoms with van der Waals surface area (Å²) in [6.07, 6.45) is 0.541. The van der Waals surface area contributed by atoms with Gasteiger partial charge in [-0.2, -0.15) is 0 Å². The van der Waals surface area contributed by atoms with Crippen molar-refractivity contribution in [3.63, 3.8) is 0 Å². The number of hydrogen-bond acceptors (Lipinski definition) is 3. The zero-order valence-electron chi connectivity index (χ0n) is 9.44. The summed E-state index contributed by atoms with van der Waals surface area (Å²) in [5.41, 5.74) is 5.80. The second-order valence-electron chi connectivity index (χ2n) is 4.26. The minimum Gasteiger partial charge on any atom is -0.368 e. The van der Waals surface area contributed by atoms with Gasteiger partial charge in [-0.3, -0.25) is 14.7 Å². The molecule has 0 radical (unpaired) electrons. The first kappa shape index (κ1) is 13.5. The van der Waals surface area contributed by atoms with Crippen LogP contribution >= 0.6 is 23.2 Å². The average Bonchev–Trinajstić information content (AvgIpc) is 2.64. The first-order chi connectivity index (χ1) is 8.47. The number of pyridine rings is 1. The molecule has 1 aromatic rings. The first-order valence-corrected chi connectivity index (χ1v) is 6.20. The van der Waals surface area contributed by atoms with E-state index in [1.807, 2.05) is 0 Å². The summed E-state index contributed by atoms with van der Waals surface area (Å²) in [4.78, 5) is 17.0. The molecule has 0 saturated carbocycles. The molecule has 1 aliphatic heterocycles. The summed E-state index contributed by atoms with van der Waals surface area (Å²) < 4.78 is 13.3. The summed E-state index contributed by atoms with van der Waals surface area (Å²) in [5.74, 6) is -0.528. The van der Waals surface area contributed by atoms with E-state index in [9.17, 15) is 9.18 Å². The van der Waals surface area contributed by atoms with Gasteiger partial charge < -0.3 is 5.73 Å². The number of amides is 1. The zero-order chi connectivity index (χ0) is 13.3. The van der Waals surface area contributed by atoms with E-state index >= 15 is 0 Å². The van der Waals surface area contributed by atoms with Crippen LogP contribution in [-0.2, 0) is 11.3 Å². The van der Waals surface area contributed by atoms with Crippen LogP contribution in [0.15, 0.2) is 12.3 Å². The van der Waals surface area contributed by atoms with E-state index < -0.39 is 18.1 Å². The van der Waals surface area contributed by atoms with Gasteiger partial charge in [-0.1, -0.05) is 23.2 Å². The van der Waals surface area contributed by atoms with Crippen molar-refractivity contribution in [3.05, 3.63) is 28.0 Å². The van der Waals surface area contributed by atoms with Crippen LogP contribution in [0, 0.1) is 0 Å². The monoisotopic (exact) mass is 291 g/mol. The van der Waals surface area contributed by atoms with Crippen LogP contribution < -0.4 is 5.73 Å². The molecular formula is C11H12Cl2FN3O. The number of hydrogen-bond donors (Lipinski definition) is 1. The Balaban J connectivity index is 2.15. The van der Waals surface area contributed by atoms with Gasteiger partial charge in [0.1, 0.15) is 6.17 Å². The Morgan fingerprint density at radius 2 is 2.33 bits per heavy atom. The SMILES string of the molecule is NC(=O)[C@@H]1C[C@@H](F)CN1Cc1ncc(Cl)cc1Cl. The lowest BCUT2D eigenvalue weighted by molar-refractivity contribution is -0.122. The van der Waals surface area contributed by atoms with Crippen LogP contribution in [0.1, 0.15) is 12.1 Å². The number of alkyl halides is 1. The maximum absolute atomic E-state index is 13.3. The van der Waals surface area contributed by atoms with Gasteiger partial charge in [0.25, 0.3) is 0 Å². The molecule has 98 valence electrons. The summed E-state index contributed by atoms with van der Waals surface area (Å²) >= 11 is 11.7. The van der Waals surface area contributed by atoms with E-state index in [2.05, 4.69) is 4.98 Å². The fraction of sp³-hybridized carbons (Fsp3) is 0.455. The third kappa shape index (κ3) is 2.91. The minimum absolute atomic E-state index is 0.126. The summed E-state index contributed by atoms with van der Waals surface area (Å²) in [6, 6.07) is 0.960. The second-order valence-corrected chi connectivity index (χ2v) is 5.11. The van der Waals surface area contributed by atoms with Crippen LogP contribution in [0.2, 0.25) is 10.0 Å². The minimum atomic E-state index is -1.05. The normalized spacial score (nSPS) is 24.4. The van der Waals surface area contributed by atoms with Gasteiger partial charge >= 0.3 is 0 Å². The fourth-order valence-electron chi connectivity index (χ4n) is 2.07. The van der Waals surface area contributed by atoms with Crippen molar-refractivity contribution in [1.82, 2.24) is 9.88 Å². The van der Waals surface area contributed by atoms with Crippen molar-refractivity contribution in [2.45, 2.75) is 25.2 Å². The van der Waals surface area contributed by atoms with Crippen molar-refractivity contribution >= 4 is 29.1 Å². The lowest BCUT2D eigenvalue weighted by Gasteiger charge is -2.21. The van der Waals surface area contributed by atoms with Crippen molar-refractivity contribution in [1.29, 1.82) is 0 Å². The van der Waals surface area contributed by atoms with Crippen LogP contribution in [0.4, 0.5) is 4.39 Å². The van der Waals surface area contributed by atoms with Gasteiger partial charge in [-0.25, -0.2) is 4.39 Å². The van der Waals surface area contributed by atoms with Crippen LogP contribution in [0.3, 0.4) is 0 Å². The Morgan fingerprint density at radius 1 is 1.61 bits per heavy atom. The highest BCUT2D eigenvalue weighted by Crippen LogP contribution is 2.25. The Hall–Kier alpha value is -0.910. The lowest BCUT2D eigenvalue weighted by atomic mass is 10.2. The molecule has 2 N–H and O–H groups in total. The van der Waals surface area contributed by atoms with Crippen LogP contribution in [0.5, 0.6) is 0 Å². The number of primary amides is 1. The summed E-state index contributed by atoms with van der Waals surface area (Å²) in [6.45, 7) is 0.443. The first-order valence-electron chi connectivity index (χ1n) is 5.44. The third-order valence-electron chi connectivity index (χ3n) is 2.92. The molecule has 18 heavy (non-hydrogen) atoms. The molecule has 1 saturated heterocycles. The van der Waals surface area contributed by atoms with Gasteiger partial charge in [-0.15, -0.1) is 0 Å². The lowest BCUT2D eigenvalue weighted by Crippen LogP contribution is -2.39.